The van der Waals surface area contributed by atoms with Gasteiger partial charge in [0.2, 0.25) is 0 Å². The second-order valence-corrected chi connectivity index (χ2v) is 5.35. The number of nitrogens with zero attached hydrogens (tertiary/aromatic N) is 3. The highest BCUT2D eigenvalue weighted by Gasteiger charge is 2.31. The molecular weight excluding hydrogens is 341 g/mol. The van der Waals surface area contributed by atoms with Crippen LogP contribution in [0.1, 0.15) is 32.1 Å². The number of aliphatic imine (C=N–C) groups is 1. The van der Waals surface area contributed by atoms with Crippen LogP contribution in [-0.4, -0.2) is 63.2 Å². The van der Waals surface area contributed by atoms with Gasteiger partial charge in [0.1, 0.15) is 0 Å². The zero-order valence-corrected chi connectivity index (χ0v) is 14.7. The minimum absolute atomic E-state index is 0. The van der Waals surface area contributed by atoms with Crippen LogP contribution in [0.3, 0.4) is 0 Å². The number of hydrogen-bond acceptors (Lipinski definition) is 2. The average molecular weight is 369 g/mol. The third-order valence-corrected chi connectivity index (χ3v) is 3.51. The molecule has 0 spiro atoms. The van der Waals surface area contributed by atoms with Crippen molar-refractivity contribution in [3.63, 3.8) is 0 Å². The van der Waals surface area contributed by atoms with Crippen LogP contribution in [-0.2, 0) is 4.74 Å². The van der Waals surface area contributed by atoms with Crippen LogP contribution < -0.4 is 0 Å². The summed E-state index contributed by atoms with van der Waals surface area (Å²) in [5.41, 5.74) is -0.0183. The van der Waals surface area contributed by atoms with Gasteiger partial charge in [-0.3, -0.25) is 0 Å². The van der Waals surface area contributed by atoms with E-state index in [1.807, 2.05) is 45.1 Å². The first-order valence-electron chi connectivity index (χ1n) is 6.45. The zero-order valence-electron chi connectivity index (χ0n) is 12.4. The molecule has 0 N–H and O–H groups in total. The summed E-state index contributed by atoms with van der Waals surface area (Å²) in [5.74, 6) is 1.01. The van der Waals surface area contributed by atoms with E-state index < -0.39 is 0 Å². The van der Waals surface area contributed by atoms with Gasteiger partial charge >= 0.3 is 0 Å². The largest absolute Gasteiger partial charge is 0.376 e. The number of rotatable bonds is 3. The van der Waals surface area contributed by atoms with Gasteiger partial charge in [-0.15, -0.1) is 24.0 Å². The molecule has 108 valence electrons. The van der Waals surface area contributed by atoms with Crippen LogP contribution >= 0.6 is 24.0 Å². The van der Waals surface area contributed by atoms with Crippen molar-refractivity contribution in [3.05, 3.63) is 0 Å². The molecular formula is C13H28IN3O. The predicted molar refractivity (Wildman–Crippen MR) is 87.9 cm³/mol. The van der Waals surface area contributed by atoms with E-state index in [-0.39, 0.29) is 29.6 Å². The summed E-state index contributed by atoms with van der Waals surface area (Å²) in [6.07, 6.45) is 6.15. The Hall–Kier alpha value is -0.0400. The summed E-state index contributed by atoms with van der Waals surface area (Å²) < 4.78 is 5.74. The molecule has 0 saturated heterocycles. The Bertz CT molecular complexity index is 251. The van der Waals surface area contributed by atoms with Crippen LogP contribution in [0.4, 0.5) is 0 Å². The van der Waals surface area contributed by atoms with Crippen molar-refractivity contribution in [2.45, 2.75) is 37.7 Å². The summed E-state index contributed by atoms with van der Waals surface area (Å²) in [4.78, 5) is 8.83. The van der Waals surface area contributed by atoms with E-state index in [1.165, 1.54) is 19.3 Å². The number of hydrogen-bond donors (Lipinski definition) is 0. The third kappa shape index (κ3) is 4.91. The molecule has 0 heterocycles. The van der Waals surface area contributed by atoms with Crippen LogP contribution in [0.25, 0.3) is 0 Å². The highest BCUT2D eigenvalue weighted by Crippen LogP contribution is 2.31. The fraction of sp³-hybridized carbons (Fsp3) is 0.923. The van der Waals surface area contributed by atoms with Gasteiger partial charge in [-0.1, -0.05) is 19.3 Å². The van der Waals surface area contributed by atoms with Gasteiger partial charge in [0, 0.05) is 35.3 Å². The molecule has 0 aromatic rings. The first-order valence-corrected chi connectivity index (χ1v) is 6.45. The van der Waals surface area contributed by atoms with E-state index in [2.05, 4.69) is 0 Å². The normalized spacial score (nSPS) is 17.6. The van der Waals surface area contributed by atoms with Crippen LogP contribution in [0.2, 0.25) is 0 Å². The van der Waals surface area contributed by atoms with Crippen molar-refractivity contribution in [3.8, 4) is 0 Å². The highest BCUT2D eigenvalue weighted by molar-refractivity contribution is 14.0. The van der Waals surface area contributed by atoms with E-state index in [1.54, 1.807) is 0 Å². The summed E-state index contributed by atoms with van der Waals surface area (Å²) in [6.45, 7) is 0.773. The Labute approximate surface area is 129 Å². The number of ether oxygens (including phenoxy) is 1. The molecule has 0 aliphatic heterocycles. The molecule has 4 nitrogen and oxygen atoms in total. The summed E-state index contributed by atoms with van der Waals surface area (Å²) in [7, 11) is 9.93. The summed E-state index contributed by atoms with van der Waals surface area (Å²) in [6, 6.07) is 0. The first kappa shape index (κ1) is 18.0. The lowest BCUT2D eigenvalue weighted by atomic mass is 9.85. The smallest absolute Gasteiger partial charge is 0.195 e. The maximum absolute atomic E-state index is 5.74. The lowest BCUT2D eigenvalue weighted by molar-refractivity contribution is -0.0311. The van der Waals surface area contributed by atoms with Crippen LogP contribution in [0.5, 0.6) is 0 Å². The molecule has 0 aromatic heterocycles. The molecule has 1 rings (SSSR count). The minimum Gasteiger partial charge on any atom is -0.376 e. The Morgan fingerprint density at radius 1 is 1.06 bits per heavy atom. The average Bonchev–Trinajstić information content (AvgIpc) is 2.29. The maximum atomic E-state index is 5.74. The fourth-order valence-electron chi connectivity index (χ4n) is 2.52. The molecule has 0 atom stereocenters. The molecule has 0 amide bonds. The van der Waals surface area contributed by atoms with Gasteiger partial charge in [-0.05, 0) is 12.8 Å². The SMILES string of the molecule is COC1(CN=C(N(C)C)N(C)C)CCCCC1.I. The molecule has 0 aromatic carbocycles. The van der Waals surface area contributed by atoms with E-state index in [4.69, 9.17) is 9.73 Å². The molecule has 0 radical (unpaired) electrons. The second-order valence-electron chi connectivity index (χ2n) is 5.35. The summed E-state index contributed by atoms with van der Waals surface area (Å²) >= 11 is 0. The number of methoxy groups -OCH3 is 1. The third-order valence-electron chi connectivity index (χ3n) is 3.51. The van der Waals surface area contributed by atoms with Crippen LogP contribution in [0.15, 0.2) is 4.99 Å². The van der Waals surface area contributed by atoms with Crippen LogP contribution in [0, 0.1) is 0 Å². The first-order chi connectivity index (χ1) is 8.01. The molecule has 1 aliphatic carbocycles. The minimum atomic E-state index is -0.0183. The Balaban J connectivity index is 0.00000289. The molecule has 0 unspecified atom stereocenters. The molecule has 1 saturated carbocycles. The van der Waals surface area contributed by atoms with Crippen molar-refractivity contribution < 1.29 is 4.74 Å². The Morgan fingerprint density at radius 3 is 1.94 bits per heavy atom. The van der Waals surface area contributed by atoms with Gasteiger partial charge in [0.05, 0.1) is 12.1 Å². The van der Waals surface area contributed by atoms with Crippen molar-refractivity contribution in [1.82, 2.24) is 9.80 Å². The van der Waals surface area contributed by atoms with Crippen molar-refractivity contribution >= 4 is 29.9 Å². The van der Waals surface area contributed by atoms with Gasteiger partial charge in [-0.2, -0.15) is 0 Å². The zero-order chi connectivity index (χ0) is 12.9. The summed E-state index contributed by atoms with van der Waals surface area (Å²) in [5, 5.41) is 0. The standard InChI is InChI=1S/C13H27N3O.HI/c1-15(2)12(16(3)4)14-11-13(17-5)9-7-6-8-10-13;/h6-11H2,1-5H3;1H. The van der Waals surface area contributed by atoms with E-state index in [0.29, 0.717) is 0 Å². The van der Waals surface area contributed by atoms with Gasteiger partial charge in [0.15, 0.2) is 5.96 Å². The van der Waals surface area contributed by atoms with E-state index in [0.717, 1.165) is 25.3 Å². The lowest BCUT2D eigenvalue weighted by Crippen LogP contribution is -2.41. The molecule has 0 bridgehead atoms. The maximum Gasteiger partial charge on any atom is 0.195 e. The van der Waals surface area contributed by atoms with E-state index >= 15 is 0 Å². The molecule has 5 heteroatoms. The Kier molecular flexibility index (Phi) is 8.18. The van der Waals surface area contributed by atoms with Gasteiger partial charge in [-0.25, -0.2) is 4.99 Å². The monoisotopic (exact) mass is 369 g/mol. The number of halogens is 1. The fourth-order valence-corrected chi connectivity index (χ4v) is 2.52. The predicted octanol–water partition coefficient (Wildman–Crippen LogP) is 2.43. The second kappa shape index (κ2) is 8.19. The van der Waals surface area contributed by atoms with Crippen molar-refractivity contribution in [1.29, 1.82) is 0 Å². The van der Waals surface area contributed by atoms with Gasteiger partial charge in [0.25, 0.3) is 0 Å². The quantitative estimate of drug-likeness (QED) is 0.435. The highest BCUT2D eigenvalue weighted by atomic mass is 127. The van der Waals surface area contributed by atoms with Gasteiger partial charge < -0.3 is 14.5 Å². The molecule has 1 aliphatic rings. The van der Waals surface area contributed by atoms with Crippen molar-refractivity contribution in [2.24, 2.45) is 4.99 Å². The molecule has 1 fully saturated rings. The number of guanidine groups is 1. The van der Waals surface area contributed by atoms with Crippen molar-refractivity contribution in [2.75, 3.05) is 41.8 Å². The molecule has 18 heavy (non-hydrogen) atoms. The Morgan fingerprint density at radius 2 is 1.56 bits per heavy atom. The topological polar surface area (TPSA) is 28.1 Å². The lowest BCUT2D eigenvalue weighted by Gasteiger charge is -2.35. The van der Waals surface area contributed by atoms with E-state index in [9.17, 15) is 0 Å².